The van der Waals surface area contributed by atoms with Gasteiger partial charge in [0, 0.05) is 36.1 Å². The Morgan fingerprint density at radius 3 is 2.70 bits per heavy atom. The highest BCUT2D eigenvalue weighted by atomic mass is 32.2. The molecule has 0 fully saturated rings. The van der Waals surface area contributed by atoms with Crippen molar-refractivity contribution in [3.8, 4) is 0 Å². The summed E-state index contributed by atoms with van der Waals surface area (Å²) >= 11 is 1.39. The molecule has 3 rings (SSSR count). The lowest BCUT2D eigenvalue weighted by atomic mass is 10.1. The first-order chi connectivity index (χ1) is 14.0. The summed E-state index contributed by atoms with van der Waals surface area (Å²) in [6, 6.07) is 6.13. The van der Waals surface area contributed by atoms with Crippen molar-refractivity contribution in [1.82, 2.24) is 9.29 Å². The zero-order chi connectivity index (χ0) is 22.1. The van der Waals surface area contributed by atoms with Crippen molar-refractivity contribution < 1.29 is 26.4 Å². The van der Waals surface area contributed by atoms with Gasteiger partial charge in [0.2, 0.25) is 15.9 Å². The van der Waals surface area contributed by atoms with E-state index in [1.165, 1.54) is 54.3 Å². The summed E-state index contributed by atoms with van der Waals surface area (Å²) in [6.45, 7) is 1.62. The minimum atomic E-state index is -4.55. The van der Waals surface area contributed by atoms with Crippen LogP contribution < -0.4 is 4.90 Å². The normalized spacial score (nSPS) is 17.5. The van der Waals surface area contributed by atoms with Crippen LogP contribution in [-0.4, -0.2) is 49.0 Å². The van der Waals surface area contributed by atoms with E-state index in [1.54, 1.807) is 0 Å². The minimum absolute atomic E-state index is 0.0694. The maximum Gasteiger partial charge on any atom is 0.416 e. The van der Waals surface area contributed by atoms with Gasteiger partial charge in [-0.2, -0.15) is 17.5 Å². The monoisotopic (exact) mass is 459 g/mol. The third-order valence-corrected chi connectivity index (χ3v) is 7.69. The molecule has 1 aromatic heterocycles. The number of anilines is 1. The molecule has 0 bridgehead atoms. The molecule has 1 atom stereocenters. The molecule has 1 unspecified atom stereocenters. The highest BCUT2D eigenvalue weighted by Gasteiger charge is 2.34. The number of pyridine rings is 1. The van der Waals surface area contributed by atoms with Crippen LogP contribution in [0, 0.1) is 0 Å². The Bertz CT molecular complexity index is 1030. The van der Waals surface area contributed by atoms with Crippen molar-refractivity contribution >= 4 is 33.4 Å². The second kappa shape index (κ2) is 8.56. The molecule has 1 amide bonds. The molecule has 6 nitrogen and oxygen atoms in total. The number of carbonyl (C=O) groups excluding carboxylic acids is 1. The Balaban J connectivity index is 1.91. The van der Waals surface area contributed by atoms with E-state index < -0.39 is 34.2 Å². The minimum Gasteiger partial charge on any atom is -0.310 e. The van der Waals surface area contributed by atoms with Crippen LogP contribution in [0.2, 0.25) is 0 Å². The third-order valence-electron chi connectivity index (χ3n) is 4.67. The summed E-state index contributed by atoms with van der Waals surface area (Å²) in [5.74, 6) is -0.597. The van der Waals surface area contributed by atoms with Crippen molar-refractivity contribution in [3.63, 3.8) is 0 Å². The topological polar surface area (TPSA) is 70.6 Å². The number of thioether (sulfide) groups is 1. The number of carbonyl (C=O) groups is 1. The predicted octanol–water partition coefficient (Wildman–Crippen LogP) is 3.64. The molecule has 0 aliphatic carbocycles. The van der Waals surface area contributed by atoms with Gasteiger partial charge in [0.25, 0.3) is 0 Å². The van der Waals surface area contributed by atoms with Gasteiger partial charge in [-0.3, -0.25) is 9.78 Å². The number of benzene rings is 1. The van der Waals surface area contributed by atoms with Gasteiger partial charge in [-0.25, -0.2) is 8.42 Å². The fourth-order valence-corrected chi connectivity index (χ4v) is 5.19. The summed E-state index contributed by atoms with van der Waals surface area (Å²) in [7, 11) is -2.71. The van der Waals surface area contributed by atoms with Crippen LogP contribution in [0.4, 0.5) is 18.9 Å². The predicted molar refractivity (Wildman–Crippen MR) is 108 cm³/mol. The number of hydrogen-bond donors (Lipinski definition) is 0. The first-order valence-electron chi connectivity index (χ1n) is 9.05. The molecule has 2 heterocycles. The number of hydrogen-bond acceptors (Lipinski definition) is 5. The molecule has 0 N–H and O–H groups in total. The van der Waals surface area contributed by atoms with Crippen LogP contribution >= 0.6 is 11.8 Å². The van der Waals surface area contributed by atoms with Gasteiger partial charge < -0.3 is 4.90 Å². The number of likely N-dealkylation sites (N-methyl/N-ethyl adjacent to an activating group) is 1. The summed E-state index contributed by atoms with van der Waals surface area (Å²) < 4.78 is 65.8. The van der Waals surface area contributed by atoms with Crippen molar-refractivity contribution in [2.45, 2.75) is 34.6 Å². The van der Waals surface area contributed by atoms with Crippen LogP contribution in [0.1, 0.15) is 18.9 Å². The fraction of sp³-hybridized carbons (Fsp3) is 0.368. The van der Waals surface area contributed by atoms with E-state index in [4.69, 9.17) is 0 Å². The molecule has 1 aliphatic rings. The number of amides is 1. The molecule has 0 spiro atoms. The van der Waals surface area contributed by atoms with Crippen molar-refractivity contribution in [3.05, 3.63) is 48.3 Å². The van der Waals surface area contributed by atoms with Crippen LogP contribution in [0.15, 0.2) is 52.5 Å². The number of nitrogens with zero attached hydrogens (tertiary/aromatic N) is 3. The summed E-state index contributed by atoms with van der Waals surface area (Å²) in [6.07, 6.45) is -1.39. The van der Waals surface area contributed by atoms with Crippen LogP contribution in [0.5, 0.6) is 0 Å². The zero-order valence-electron chi connectivity index (χ0n) is 16.3. The largest absolute Gasteiger partial charge is 0.416 e. The molecular formula is C19H20F3N3O3S2. The lowest BCUT2D eigenvalue weighted by molar-refractivity contribution is -0.137. The molecule has 1 aromatic carbocycles. The lowest BCUT2D eigenvalue weighted by Gasteiger charge is -2.26. The average molecular weight is 460 g/mol. The molecule has 11 heteroatoms. The van der Waals surface area contributed by atoms with Gasteiger partial charge >= 0.3 is 6.18 Å². The van der Waals surface area contributed by atoms with Gasteiger partial charge in [0.05, 0.1) is 17.8 Å². The maximum atomic E-state index is 13.2. The van der Waals surface area contributed by atoms with E-state index in [-0.39, 0.29) is 22.4 Å². The number of fused-ring (bicyclic) bond motifs is 1. The maximum absolute atomic E-state index is 13.2. The number of halogens is 3. The molecule has 0 saturated heterocycles. The number of aromatic nitrogens is 1. The number of sulfonamides is 1. The van der Waals surface area contributed by atoms with Gasteiger partial charge in [0.15, 0.2) is 0 Å². The highest BCUT2D eigenvalue weighted by Crippen LogP contribution is 2.41. The average Bonchev–Trinajstić information content (AvgIpc) is 2.85. The third kappa shape index (κ3) is 4.79. The Kier molecular flexibility index (Phi) is 6.44. The molecule has 2 aromatic rings. The van der Waals surface area contributed by atoms with Gasteiger partial charge in [0.1, 0.15) is 4.90 Å². The van der Waals surface area contributed by atoms with Gasteiger partial charge in [-0.05, 0) is 36.8 Å². The van der Waals surface area contributed by atoms with Crippen LogP contribution in [0.25, 0.3) is 0 Å². The Hall–Kier alpha value is -2.11. The SMILES string of the molecule is CC1CCN(C(=O)CN(C)S(=O)(=O)c2cccnc2)c2cc(C(F)(F)F)ccc2S1. The Morgan fingerprint density at radius 2 is 2.07 bits per heavy atom. The van der Waals surface area contributed by atoms with E-state index in [0.717, 1.165) is 16.4 Å². The van der Waals surface area contributed by atoms with E-state index in [0.29, 0.717) is 11.3 Å². The summed E-state index contributed by atoms with van der Waals surface area (Å²) in [5, 5.41) is 0.0927. The van der Waals surface area contributed by atoms with Crippen LogP contribution in [-0.2, 0) is 21.0 Å². The molecule has 1 aliphatic heterocycles. The summed E-state index contributed by atoms with van der Waals surface area (Å²) in [5.41, 5.74) is -0.707. The van der Waals surface area contributed by atoms with E-state index in [1.807, 2.05) is 6.92 Å². The molecular weight excluding hydrogens is 439 g/mol. The fourth-order valence-electron chi connectivity index (χ4n) is 3.01. The van der Waals surface area contributed by atoms with Gasteiger partial charge in [-0.1, -0.05) is 6.92 Å². The van der Waals surface area contributed by atoms with Crippen LogP contribution in [0.3, 0.4) is 0 Å². The van der Waals surface area contributed by atoms with Crippen molar-refractivity contribution in [2.24, 2.45) is 0 Å². The molecule has 0 radical (unpaired) electrons. The molecule has 0 saturated carbocycles. The quantitative estimate of drug-likeness (QED) is 0.698. The van der Waals surface area contributed by atoms with Crippen molar-refractivity contribution in [1.29, 1.82) is 0 Å². The zero-order valence-corrected chi connectivity index (χ0v) is 17.9. The number of alkyl halides is 3. The highest BCUT2D eigenvalue weighted by molar-refractivity contribution is 8.00. The second-order valence-corrected chi connectivity index (χ2v) is 10.4. The first-order valence-corrected chi connectivity index (χ1v) is 11.4. The first kappa shape index (κ1) is 22.6. The lowest BCUT2D eigenvalue weighted by Crippen LogP contribution is -2.42. The van der Waals surface area contributed by atoms with E-state index >= 15 is 0 Å². The smallest absolute Gasteiger partial charge is 0.310 e. The Labute approximate surface area is 177 Å². The number of rotatable bonds is 4. The molecule has 162 valence electrons. The second-order valence-electron chi connectivity index (χ2n) is 6.89. The van der Waals surface area contributed by atoms with E-state index in [2.05, 4.69) is 4.98 Å². The summed E-state index contributed by atoms with van der Waals surface area (Å²) in [4.78, 5) is 18.5. The standard InChI is InChI=1S/C19H20F3N3O3S2/c1-13-7-9-25(16-10-14(19(20,21)22)5-6-17(16)29-13)18(26)12-24(2)30(27,28)15-4-3-8-23-11-15/h3-6,8,10-11,13H,7,9,12H2,1-2H3. The van der Waals surface area contributed by atoms with Gasteiger partial charge in [-0.15, -0.1) is 11.8 Å². The Morgan fingerprint density at radius 1 is 1.33 bits per heavy atom. The molecule has 30 heavy (non-hydrogen) atoms. The van der Waals surface area contributed by atoms with Crippen molar-refractivity contribution in [2.75, 3.05) is 25.0 Å². The van der Waals surface area contributed by atoms with E-state index in [9.17, 15) is 26.4 Å².